The Morgan fingerprint density at radius 3 is 3.19 bits per heavy atom. The molecule has 1 aliphatic heterocycles. The van der Waals surface area contributed by atoms with Crippen molar-refractivity contribution in [2.75, 3.05) is 32.0 Å². The lowest BCUT2D eigenvalue weighted by Crippen LogP contribution is -2.19. The summed E-state index contributed by atoms with van der Waals surface area (Å²) in [6, 6.07) is 1.89. The van der Waals surface area contributed by atoms with Crippen LogP contribution in [0.15, 0.2) is 12.3 Å². The predicted molar refractivity (Wildman–Crippen MR) is 64.0 cm³/mol. The highest BCUT2D eigenvalue weighted by Crippen LogP contribution is 2.14. The van der Waals surface area contributed by atoms with Gasteiger partial charge in [0.2, 0.25) is 0 Å². The fraction of sp³-hybridized carbons (Fsp3) is 0.636. The number of aromatic nitrogens is 2. The van der Waals surface area contributed by atoms with Crippen LogP contribution in [0, 0.1) is 5.92 Å². The Labute approximate surface area is 96.1 Å². The van der Waals surface area contributed by atoms with Crippen molar-refractivity contribution in [3.8, 4) is 0 Å². The topological polar surface area (TPSA) is 67.1 Å². The fourth-order valence-electron chi connectivity index (χ4n) is 2.04. The van der Waals surface area contributed by atoms with Gasteiger partial charge in [-0.2, -0.15) is 0 Å². The van der Waals surface area contributed by atoms with Gasteiger partial charge in [-0.05, 0) is 32.0 Å². The average molecular weight is 221 g/mol. The molecule has 1 aromatic heterocycles. The Morgan fingerprint density at radius 2 is 2.50 bits per heavy atom. The zero-order chi connectivity index (χ0) is 11.4. The Kier molecular flexibility index (Phi) is 3.69. The first kappa shape index (κ1) is 11.3. The molecule has 0 aliphatic carbocycles. The first-order valence-corrected chi connectivity index (χ1v) is 5.72. The lowest BCUT2D eigenvalue weighted by atomic mass is 10.1. The summed E-state index contributed by atoms with van der Waals surface area (Å²) in [5, 5.41) is 3.35. The van der Waals surface area contributed by atoms with Crippen molar-refractivity contribution in [2.24, 2.45) is 11.7 Å². The van der Waals surface area contributed by atoms with Crippen LogP contribution in [-0.4, -0.2) is 41.5 Å². The molecule has 0 radical (unpaired) electrons. The minimum Gasteiger partial charge on any atom is -0.370 e. The lowest BCUT2D eigenvalue weighted by Gasteiger charge is -2.12. The maximum absolute atomic E-state index is 5.50. The molecule has 1 fully saturated rings. The lowest BCUT2D eigenvalue weighted by molar-refractivity contribution is 0.399. The Balaban J connectivity index is 1.84. The van der Waals surface area contributed by atoms with Crippen molar-refractivity contribution >= 4 is 5.82 Å². The van der Waals surface area contributed by atoms with Crippen LogP contribution in [0.3, 0.4) is 0 Å². The molecule has 1 aliphatic rings. The normalized spacial score (nSPS) is 21.2. The van der Waals surface area contributed by atoms with Crippen LogP contribution in [0.25, 0.3) is 0 Å². The Hall–Kier alpha value is -1.20. The van der Waals surface area contributed by atoms with E-state index in [-0.39, 0.29) is 0 Å². The monoisotopic (exact) mass is 221 g/mol. The Bertz CT molecular complexity index is 341. The van der Waals surface area contributed by atoms with Crippen molar-refractivity contribution in [3.63, 3.8) is 0 Å². The number of likely N-dealkylation sites (tertiary alicyclic amines) is 1. The van der Waals surface area contributed by atoms with Gasteiger partial charge in [-0.25, -0.2) is 9.97 Å². The summed E-state index contributed by atoms with van der Waals surface area (Å²) in [7, 11) is 2.16. The van der Waals surface area contributed by atoms with E-state index in [1.165, 1.54) is 19.5 Å². The van der Waals surface area contributed by atoms with Gasteiger partial charge in [0.25, 0.3) is 0 Å². The third kappa shape index (κ3) is 2.90. The number of rotatable bonds is 4. The van der Waals surface area contributed by atoms with Gasteiger partial charge in [0.1, 0.15) is 11.6 Å². The molecule has 0 bridgehead atoms. The molecular weight excluding hydrogens is 202 g/mol. The van der Waals surface area contributed by atoms with Crippen LogP contribution in [0.4, 0.5) is 5.82 Å². The highest BCUT2D eigenvalue weighted by Gasteiger charge is 2.18. The second-order valence-corrected chi connectivity index (χ2v) is 4.36. The maximum Gasteiger partial charge on any atom is 0.144 e. The molecular formula is C11H19N5. The molecule has 1 atom stereocenters. The van der Waals surface area contributed by atoms with Gasteiger partial charge in [0.15, 0.2) is 0 Å². The van der Waals surface area contributed by atoms with E-state index in [9.17, 15) is 0 Å². The standard InChI is InChI=1S/C11H19N5/c1-16-5-3-9(8-16)7-14-10-2-4-13-11(6-12)15-10/h2,4,9H,3,5-8,12H2,1H3,(H,13,14,15). The van der Waals surface area contributed by atoms with Crippen molar-refractivity contribution in [2.45, 2.75) is 13.0 Å². The second kappa shape index (κ2) is 5.23. The third-order valence-corrected chi connectivity index (χ3v) is 2.95. The van der Waals surface area contributed by atoms with Gasteiger partial charge < -0.3 is 16.0 Å². The van der Waals surface area contributed by atoms with Crippen molar-refractivity contribution < 1.29 is 0 Å². The summed E-state index contributed by atoms with van der Waals surface area (Å²) >= 11 is 0. The molecule has 5 heteroatoms. The SMILES string of the molecule is CN1CCC(CNc2ccnc(CN)n2)C1. The largest absolute Gasteiger partial charge is 0.370 e. The quantitative estimate of drug-likeness (QED) is 0.765. The molecule has 1 aromatic rings. The summed E-state index contributed by atoms with van der Waals surface area (Å²) < 4.78 is 0. The molecule has 0 aromatic carbocycles. The van der Waals surface area contributed by atoms with E-state index < -0.39 is 0 Å². The second-order valence-electron chi connectivity index (χ2n) is 4.36. The van der Waals surface area contributed by atoms with Crippen LogP contribution >= 0.6 is 0 Å². The van der Waals surface area contributed by atoms with Gasteiger partial charge in [0, 0.05) is 19.3 Å². The molecule has 3 N–H and O–H groups in total. The van der Waals surface area contributed by atoms with Crippen molar-refractivity contribution in [1.82, 2.24) is 14.9 Å². The number of anilines is 1. The maximum atomic E-state index is 5.50. The molecule has 1 saturated heterocycles. The molecule has 88 valence electrons. The average Bonchev–Trinajstić information content (AvgIpc) is 2.73. The zero-order valence-electron chi connectivity index (χ0n) is 9.69. The number of hydrogen-bond donors (Lipinski definition) is 2. The number of hydrogen-bond acceptors (Lipinski definition) is 5. The van der Waals surface area contributed by atoms with Crippen LogP contribution in [0.2, 0.25) is 0 Å². The van der Waals surface area contributed by atoms with E-state index >= 15 is 0 Å². The van der Waals surface area contributed by atoms with Gasteiger partial charge in [-0.1, -0.05) is 0 Å². The van der Waals surface area contributed by atoms with Crippen molar-refractivity contribution in [3.05, 3.63) is 18.1 Å². The van der Waals surface area contributed by atoms with E-state index in [0.29, 0.717) is 12.4 Å². The van der Waals surface area contributed by atoms with Crippen LogP contribution in [0.1, 0.15) is 12.2 Å². The van der Waals surface area contributed by atoms with Crippen LogP contribution in [-0.2, 0) is 6.54 Å². The van der Waals surface area contributed by atoms with Crippen LogP contribution < -0.4 is 11.1 Å². The minimum atomic E-state index is 0.391. The predicted octanol–water partition coefficient (Wildman–Crippen LogP) is 0.299. The molecule has 1 unspecified atom stereocenters. The summed E-state index contributed by atoms with van der Waals surface area (Å²) in [5.41, 5.74) is 5.50. The third-order valence-electron chi connectivity index (χ3n) is 2.95. The molecule has 2 rings (SSSR count). The van der Waals surface area contributed by atoms with Gasteiger partial charge in [-0.3, -0.25) is 0 Å². The number of nitrogens with zero attached hydrogens (tertiary/aromatic N) is 3. The van der Waals surface area contributed by atoms with E-state index in [4.69, 9.17) is 5.73 Å². The highest BCUT2D eigenvalue weighted by molar-refractivity contribution is 5.32. The smallest absolute Gasteiger partial charge is 0.144 e. The molecule has 0 spiro atoms. The summed E-state index contributed by atoms with van der Waals surface area (Å²) in [6.45, 7) is 3.74. The summed E-state index contributed by atoms with van der Waals surface area (Å²) in [6.07, 6.45) is 3.01. The number of nitrogens with two attached hydrogens (primary N) is 1. The number of nitrogens with one attached hydrogen (secondary N) is 1. The molecule has 16 heavy (non-hydrogen) atoms. The van der Waals surface area contributed by atoms with Crippen LogP contribution in [0.5, 0.6) is 0 Å². The first-order chi connectivity index (χ1) is 7.78. The summed E-state index contributed by atoms with van der Waals surface area (Å²) in [5.74, 6) is 2.29. The molecule has 5 nitrogen and oxygen atoms in total. The fourth-order valence-corrected chi connectivity index (χ4v) is 2.04. The van der Waals surface area contributed by atoms with E-state index in [1.54, 1.807) is 6.20 Å². The van der Waals surface area contributed by atoms with Crippen molar-refractivity contribution in [1.29, 1.82) is 0 Å². The van der Waals surface area contributed by atoms with Gasteiger partial charge in [-0.15, -0.1) is 0 Å². The minimum absolute atomic E-state index is 0.391. The molecule has 2 heterocycles. The van der Waals surface area contributed by atoms with E-state index in [2.05, 4.69) is 27.2 Å². The first-order valence-electron chi connectivity index (χ1n) is 5.72. The van der Waals surface area contributed by atoms with E-state index in [1.807, 2.05) is 6.07 Å². The van der Waals surface area contributed by atoms with E-state index in [0.717, 1.165) is 18.3 Å². The van der Waals surface area contributed by atoms with Gasteiger partial charge >= 0.3 is 0 Å². The molecule has 0 saturated carbocycles. The molecule has 0 amide bonds. The Morgan fingerprint density at radius 1 is 1.62 bits per heavy atom. The van der Waals surface area contributed by atoms with Gasteiger partial charge in [0.05, 0.1) is 6.54 Å². The summed E-state index contributed by atoms with van der Waals surface area (Å²) in [4.78, 5) is 10.7. The highest BCUT2D eigenvalue weighted by atomic mass is 15.1. The zero-order valence-corrected chi connectivity index (χ0v) is 9.69.